The van der Waals surface area contributed by atoms with Crippen LogP contribution < -0.4 is 5.32 Å². The number of thioether (sulfide) groups is 1. The Morgan fingerprint density at radius 2 is 1.43 bits per heavy atom. The zero-order chi connectivity index (χ0) is 24.0. The molecule has 0 fully saturated rings. The molecule has 0 unspecified atom stereocenters. The maximum atomic E-state index is 12.7. The van der Waals surface area contributed by atoms with Gasteiger partial charge in [0.15, 0.2) is 0 Å². The van der Waals surface area contributed by atoms with Crippen LogP contribution in [0.3, 0.4) is 0 Å². The first-order valence-electron chi connectivity index (χ1n) is 10.7. The van der Waals surface area contributed by atoms with Crippen LogP contribution in [0.5, 0.6) is 0 Å². The molecule has 5 aromatic rings. The van der Waals surface area contributed by atoms with Crippen LogP contribution in [-0.4, -0.2) is 21.9 Å². The minimum Gasteiger partial charge on any atom is -0.438 e. The molecule has 3 aromatic carbocycles. The molecule has 0 spiro atoms. The number of hydrogen-bond acceptors (Lipinski definition) is 7. The second-order valence-corrected chi connectivity index (χ2v) is 8.36. The molecule has 1 amide bonds. The summed E-state index contributed by atoms with van der Waals surface area (Å²) in [7, 11) is 0. The molecule has 8 heteroatoms. The van der Waals surface area contributed by atoms with Crippen molar-refractivity contribution in [2.24, 2.45) is 0 Å². The summed E-state index contributed by atoms with van der Waals surface area (Å²) in [5.41, 5.74) is 3.31. The average molecular weight is 479 g/mol. The van der Waals surface area contributed by atoms with Gasteiger partial charge in [-0.2, -0.15) is 5.26 Å². The number of anilines is 1. The number of nitrogens with one attached hydrogen (secondary N) is 1. The van der Waals surface area contributed by atoms with Gasteiger partial charge in [-0.3, -0.25) is 10.1 Å². The third-order valence-corrected chi connectivity index (χ3v) is 5.94. The largest absolute Gasteiger partial charge is 0.438 e. The van der Waals surface area contributed by atoms with Crippen LogP contribution in [-0.2, 0) is 4.79 Å². The minimum absolute atomic E-state index is 0.00331. The second-order valence-electron chi connectivity index (χ2n) is 7.43. The standard InChI is InChI=1S/C27H18N4O3S/c28-16-21-23(18-10-4-1-5-11-18)24(19-12-6-2-7-13-19)33-26(21)29-22(32)17-35-27-31-30-25(34-27)20-14-8-3-9-15-20/h1-15H,17H2,(H,29,32). The molecule has 0 atom stereocenters. The highest BCUT2D eigenvalue weighted by atomic mass is 32.2. The monoisotopic (exact) mass is 478 g/mol. The first-order valence-corrected chi connectivity index (χ1v) is 11.7. The smallest absolute Gasteiger partial charge is 0.277 e. The van der Waals surface area contributed by atoms with Crippen molar-refractivity contribution in [3.8, 4) is 40.0 Å². The van der Waals surface area contributed by atoms with Gasteiger partial charge in [-0.15, -0.1) is 10.2 Å². The van der Waals surface area contributed by atoms with Crippen LogP contribution in [0.1, 0.15) is 5.56 Å². The Bertz CT molecular complexity index is 1490. The first-order chi connectivity index (χ1) is 17.2. The maximum absolute atomic E-state index is 12.7. The van der Waals surface area contributed by atoms with E-state index in [9.17, 15) is 10.1 Å². The summed E-state index contributed by atoms with van der Waals surface area (Å²) in [5, 5.41) is 21.0. The van der Waals surface area contributed by atoms with Gasteiger partial charge in [-0.1, -0.05) is 90.6 Å². The van der Waals surface area contributed by atoms with Gasteiger partial charge in [0.2, 0.25) is 17.7 Å². The van der Waals surface area contributed by atoms with E-state index in [2.05, 4.69) is 21.6 Å². The Hall–Kier alpha value is -4.61. The number of amides is 1. The molecule has 0 saturated carbocycles. The predicted octanol–water partition coefficient (Wildman–Crippen LogP) is 6.27. The quantitative estimate of drug-likeness (QED) is 0.275. The summed E-state index contributed by atoms with van der Waals surface area (Å²) in [6.07, 6.45) is 0. The number of nitrogens with zero attached hydrogens (tertiary/aromatic N) is 3. The molecule has 170 valence electrons. The van der Waals surface area contributed by atoms with E-state index in [0.717, 1.165) is 28.5 Å². The van der Waals surface area contributed by atoms with Gasteiger partial charge in [0.25, 0.3) is 5.22 Å². The summed E-state index contributed by atoms with van der Waals surface area (Å²) < 4.78 is 11.7. The van der Waals surface area contributed by atoms with Crippen molar-refractivity contribution in [2.75, 3.05) is 11.1 Å². The molecule has 2 heterocycles. The third-order valence-electron chi connectivity index (χ3n) is 5.13. The number of rotatable bonds is 7. The Kier molecular flexibility index (Phi) is 6.42. The summed E-state index contributed by atoms with van der Waals surface area (Å²) in [4.78, 5) is 12.7. The van der Waals surface area contributed by atoms with Crippen molar-refractivity contribution in [3.63, 3.8) is 0 Å². The number of nitriles is 1. The van der Waals surface area contributed by atoms with E-state index in [1.54, 1.807) is 0 Å². The number of furan rings is 1. The molecule has 0 radical (unpaired) electrons. The Balaban J connectivity index is 1.37. The van der Waals surface area contributed by atoms with Crippen LogP contribution >= 0.6 is 11.8 Å². The molecular formula is C27H18N4O3S. The van der Waals surface area contributed by atoms with E-state index in [1.807, 2.05) is 91.0 Å². The molecular weight excluding hydrogens is 460 g/mol. The van der Waals surface area contributed by atoms with Gasteiger partial charge in [0.05, 0.1) is 5.75 Å². The fourth-order valence-corrected chi connectivity index (χ4v) is 4.12. The summed E-state index contributed by atoms with van der Waals surface area (Å²) >= 11 is 1.10. The Morgan fingerprint density at radius 3 is 2.06 bits per heavy atom. The number of hydrogen-bond donors (Lipinski definition) is 1. The molecule has 2 aromatic heterocycles. The van der Waals surface area contributed by atoms with Gasteiger partial charge in [-0.05, 0) is 17.7 Å². The molecule has 1 N–H and O–H groups in total. The van der Waals surface area contributed by atoms with E-state index >= 15 is 0 Å². The number of carbonyl (C=O) groups excluding carboxylic acids is 1. The summed E-state index contributed by atoms with van der Waals surface area (Å²) in [5.74, 6) is 0.640. The number of aromatic nitrogens is 2. The zero-order valence-electron chi connectivity index (χ0n) is 18.3. The van der Waals surface area contributed by atoms with Crippen molar-refractivity contribution < 1.29 is 13.6 Å². The Labute approximate surface area is 205 Å². The van der Waals surface area contributed by atoms with Gasteiger partial charge in [-0.25, -0.2) is 0 Å². The molecule has 0 aliphatic carbocycles. The number of benzene rings is 3. The van der Waals surface area contributed by atoms with E-state index in [1.165, 1.54) is 0 Å². The van der Waals surface area contributed by atoms with E-state index in [4.69, 9.17) is 8.83 Å². The highest BCUT2D eigenvalue weighted by Gasteiger charge is 2.24. The van der Waals surface area contributed by atoms with Gasteiger partial charge < -0.3 is 8.83 Å². The lowest BCUT2D eigenvalue weighted by Gasteiger charge is -2.03. The molecule has 5 rings (SSSR count). The normalized spacial score (nSPS) is 10.6. The zero-order valence-corrected chi connectivity index (χ0v) is 19.2. The fraction of sp³-hybridized carbons (Fsp3) is 0.0370. The van der Waals surface area contributed by atoms with E-state index in [-0.39, 0.29) is 28.3 Å². The summed E-state index contributed by atoms with van der Waals surface area (Å²) in [6.45, 7) is 0. The van der Waals surface area contributed by atoms with Gasteiger partial charge in [0, 0.05) is 16.7 Å². The van der Waals surface area contributed by atoms with Crippen molar-refractivity contribution in [3.05, 3.63) is 96.6 Å². The minimum atomic E-state index is -0.362. The highest BCUT2D eigenvalue weighted by Crippen LogP contribution is 2.41. The van der Waals surface area contributed by atoms with Crippen molar-refractivity contribution >= 4 is 23.6 Å². The van der Waals surface area contributed by atoms with Crippen molar-refractivity contribution in [1.29, 1.82) is 5.26 Å². The fourth-order valence-electron chi connectivity index (χ4n) is 3.55. The van der Waals surface area contributed by atoms with Crippen LogP contribution in [0.4, 0.5) is 5.88 Å². The summed E-state index contributed by atoms with van der Waals surface area (Å²) in [6, 6.07) is 30.5. The van der Waals surface area contributed by atoms with Crippen molar-refractivity contribution in [2.45, 2.75) is 5.22 Å². The first kappa shape index (κ1) is 22.2. The SMILES string of the molecule is N#Cc1c(NC(=O)CSc2nnc(-c3ccccc3)o2)oc(-c2ccccc2)c1-c1ccccc1. The molecule has 0 saturated heterocycles. The van der Waals surface area contributed by atoms with Gasteiger partial charge >= 0.3 is 0 Å². The van der Waals surface area contributed by atoms with Crippen LogP contribution in [0.25, 0.3) is 33.9 Å². The van der Waals surface area contributed by atoms with E-state index in [0.29, 0.717) is 17.2 Å². The maximum Gasteiger partial charge on any atom is 0.277 e. The topological polar surface area (TPSA) is 105 Å². The molecule has 35 heavy (non-hydrogen) atoms. The van der Waals surface area contributed by atoms with Crippen LogP contribution in [0.2, 0.25) is 0 Å². The number of carbonyl (C=O) groups is 1. The molecule has 7 nitrogen and oxygen atoms in total. The van der Waals surface area contributed by atoms with E-state index < -0.39 is 0 Å². The molecule has 0 aliphatic rings. The molecule has 0 aliphatic heterocycles. The highest BCUT2D eigenvalue weighted by molar-refractivity contribution is 7.99. The predicted molar refractivity (Wildman–Crippen MR) is 133 cm³/mol. The lowest BCUT2D eigenvalue weighted by molar-refractivity contribution is -0.113. The average Bonchev–Trinajstić information content (AvgIpc) is 3.54. The Morgan fingerprint density at radius 1 is 0.829 bits per heavy atom. The van der Waals surface area contributed by atoms with Crippen LogP contribution in [0.15, 0.2) is 105 Å². The lowest BCUT2D eigenvalue weighted by atomic mass is 9.98. The lowest BCUT2D eigenvalue weighted by Crippen LogP contribution is -2.14. The second kappa shape index (κ2) is 10.1. The van der Waals surface area contributed by atoms with Crippen molar-refractivity contribution in [1.82, 2.24) is 10.2 Å². The molecule has 0 bridgehead atoms. The van der Waals surface area contributed by atoms with Gasteiger partial charge in [0.1, 0.15) is 17.4 Å². The third kappa shape index (κ3) is 4.86. The van der Waals surface area contributed by atoms with Crippen LogP contribution in [0, 0.1) is 11.3 Å².